The molecule has 0 aliphatic heterocycles. The van der Waals surface area contributed by atoms with Gasteiger partial charge in [-0.3, -0.25) is 4.68 Å². The van der Waals surface area contributed by atoms with Gasteiger partial charge in [0.15, 0.2) is 0 Å². The van der Waals surface area contributed by atoms with E-state index in [4.69, 9.17) is 11.6 Å². The Morgan fingerprint density at radius 2 is 2.14 bits per heavy atom. The predicted octanol–water partition coefficient (Wildman–Crippen LogP) is 4.80. The average Bonchev–Trinajstić information content (AvgIpc) is 2.92. The third-order valence-corrected chi connectivity index (χ3v) is 4.26. The van der Waals surface area contributed by atoms with Crippen LogP contribution in [0.3, 0.4) is 0 Å². The zero-order valence-electron chi connectivity index (χ0n) is 12.4. The average molecular weight is 371 g/mol. The van der Waals surface area contributed by atoms with Crippen LogP contribution in [0.2, 0.25) is 5.02 Å². The molecule has 0 fully saturated rings. The van der Waals surface area contributed by atoms with Crippen molar-refractivity contribution >= 4 is 27.5 Å². The zero-order valence-corrected chi connectivity index (χ0v) is 14.8. The lowest BCUT2D eigenvalue weighted by atomic mass is 10.0. The van der Waals surface area contributed by atoms with E-state index in [1.54, 1.807) is 0 Å². The molecule has 2 rings (SSSR count). The van der Waals surface area contributed by atoms with Crippen LogP contribution in [0.15, 0.2) is 35.1 Å². The molecule has 0 spiro atoms. The number of hydrogen-bond acceptors (Lipinski definition) is 2. The lowest BCUT2D eigenvalue weighted by Gasteiger charge is -2.19. The molecule has 2 aromatic rings. The van der Waals surface area contributed by atoms with Crippen LogP contribution in [-0.2, 0) is 6.54 Å². The van der Waals surface area contributed by atoms with E-state index in [0.29, 0.717) is 0 Å². The third kappa shape index (κ3) is 4.31. The molecule has 1 aromatic heterocycles. The number of nitrogens with zero attached hydrogens (tertiary/aromatic N) is 2. The first-order valence-corrected chi connectivity index (χ1v) is 8.53. The molecule has 1 unspecified atom stereocenters. The van der Waals surface area contributed by atoms with Crippen molar-refractivity contribution < 1.29 is 0 Å². The minimum Gasteiger partial charge on any atom is -0.306 e. The topological polar surface area (TPSA) is 29.9 Å². The number of aryl methyl sites for hydroxylation is 1. The molecule has 1 aromatic carbocycles. The number of nitrogens with one attached hydrogen (secondary N) is 1. The summed E-state index contributed by atoms with van der Waals surface area (Å²) in [5, 5.41) is 8.77. The van der Waals surface area contributed by atoms with Crippen LogP contribution >= 0.6 is 27.5 Å². The summed E-state index contributed by atoms with van der Waals surface area (Å²) in [5.41, 5.74) is 2.31. The molecule has 5 heteroatoms. The summed E-state index contributed by atoms with van der Waals surface area (Å²) < 4.78 is 3.05. The lowest BCUT2D eigenvalue weighted by molar-refractivity contribution is 0.587. The highest BCUT2D eigenvalue weighted by atomic mass is 79.9. The summed E-state index contributed by atoms with van der Waals surface area (Å²) in [7, 11) is 0. The molecule has 0 radical (unpaired) electrons. The second kappa shape index (κ2) is 7.97. The fourth-order valence-corrected chi connectivity index (χ4v) is 2.97. The Hall–Kier alpha value is -0.840. The standard InChI is InChI=1S/C16H21BrClN3/c1-3-7-19-16(12-10-20-21(11-12)8-4-2)14-9-13(18)5-6-15(14)17/h5-6,9-11,16,19H,3-4,7-8H2,1-2H3. The van der Waals surface area contributed by atoms with Crippen LogP contribution in [0.25, 0.3) is 0 Å². The summed E-state index contributed by atoms with van der Waals surface area (Å²) in [4.78, 5) is 0. The molecule has 0 amide bonds. The first kappa shape index (κ1) is 16.5. The van der Waals surface area contributed by atoms with Gasteiger partial charge in [0.2, 0.25) is 0 Å². The van der Waals surface area contributed by atoms with Crippen LogP contribution in [0.1, 0.15) is 43.9 Å². The largest absolute Gasteiger partial charge is 0.306 e. The highest BCUT2D eigenvalue weighted by molar-refractivity contribution is 9.10. The number of benzene rings is 1. The Morgan fingerprint density at radius 3 is 2.86 bits per heavy atom. The van der Waals surface area contributed by atoms with Gasteiger partial charge in [-0.05, 0) is 43.1 Å². The van der Waals surface area contributed by atoms with Gasteiger partial charge in [-0.25, -0.2) is 0 Å². The fourth-order valence-electron chi connectivity index (χ4n) is 2.31. The molecule has 0 saturated carbocycles. The van der Waals surface area contributed by atoms with Gasteiger partial charge in [-0.1, -0.05) is 41.4 Å². The van der Waals surface area contributed by atoms with Gasteiger partial charge < -0.3 is 5.32 Å². The Labute approximate surface area is 139 Å². The van der Waals surface area contributed by atoms with Gasteiger partial charge in [0.25, 0.3) is 0 Å². The summed E-state index contributed by atoms with van der Waals surface area (Å²) in [6.07, 6.45) is 6.22. The lowest BCUT2D eigenvalue weighted by Crippen LogP contribution is -2.23. The normalized spacial score (nSPS) is 12.6. The van der Waals surface area contributed by atoms with E-state index in [-0.39, 0.29) is 6.04 Å². The molecule has 114 valence electrons. The van der Waals surface area contributed by atoms with E-state index < -0.39 is 0 Å². The van der Waals surface area contributed by atoms with Crippen molar-refractivity contribution in [3.63, 3.8) is 0 Å². The predicted molar refractivity (Wildman–Crippen MR) is 91.8 cm³/mol. The molecular formula is C16H21BrClN3. The van der Waals surface area contributed by atoms with Crippen LogP contribution < -0.4 is 5.32 Å². The van der Waals surface area contributed by atoms with Gasteiger partial charge in [-0.2, -0.15) is 5.10 Å². The van der Waals surface area contributed by atoms with E-state index in [2.05, 4.69) is 46.4 Å². The number of halogens is 2. The van der Waals surface area contributed by atoms with Crippen molar-refractivity contribution in [2.75, 3.05) is 6.54 Å². The molecule has 0 bridgehead atoms. The minimum absolute atomic E-state index is 0.101. The van der Waals surface area contributed by atoms with Crippen molar-refractivity contribution in [3.05, 3.63) is 51.2 Å². The maximum absolute atomic E-state index is 6.17. The highest BCUT2D eigenvalue weighted by Crippen LogP contribution is 2.30. The zero-order chi connectivity index (χ0) is 15.2. The van der Waals surface area contributed by atoms with Gasteiger partial charge in [-0.15, -0.1) is 0 Å². The van der Waals surface area contributed by atoms with E-state index in [1.807, 2.05) is 29.1 Å². The number of aromatic nitrogens is 2. The molecule has 1 N–H and O–H groups in total. The number of hydrogen-bond donors (Lipinski definition) is 1. The summed E-state index contributed by atoms with van der Waals surface area (Å²) >= 11 is 9.80. The maximum atomic E-state index is 6.17. The molecule has 1 atom stereocenters. The van der Waals surface area contributed by atoms with E-state index in [1.165, 1.54) is 5.56 Å². The van der Waals surface area contributed by atoms with Crippen LogP contribution in [0, 0.1) is 0 Å². The first-order valence-electron chi connectivity index (χ1n) is 7.36. The van der Waals surface area contributed by atoms with Gasteiger partial charge in [0.05, 0.1) is 12.2 Å². The minimum atomic E-state index is 0.101. The van der Waals surface area contributed by atoms with Crippen LogP contribution in [-0.4, -0.2) is 16.3 Å². The van der Waals surface area contributed by atoms with Crippen molar-refractivity contribution in [1.82, 2.24) is 15.1 Å². The maximum Gasteiger partial charge on any atom is 0.0619 e. The summed E-state index contributed by atoms with van der Waals surface area (Å²) in [6, 6.07) is 6.00. The molecule has 0 aliphatic rings. The smallest absolute Gasteiger partial charge is 0.0619 e. The quantitative estimate of drug-likeness (QED) is 0.759. The molecule has 0 saturated heterocycles. The summed E-state index contributed by atoms with van der Waals surface area (Å²) in [5.74, 6) is 0. The fraction of sp³-hybridized carbons (Fsp3) is 0.438. The summed E-state index contributed by atoms with van der Waals surface area (Å²) in [6.45, 7) is 6.21. The van der Waals surface area contributed by atoms with Gasteiger partial charge in [0.1, 0.15) is 0 Å². The highest BCUT2D eigenvalue weighted by Gasteiger charge is 2.18. The molecule has 3 nitrogen and oxygen atoms in total. The van der Waals surface area contributed by atoms with Gasteiger partial charge >= 0.3 is 0 Å². The Morgan fingerprint density at radius 1 is 1.33 bits per heavy atom. The molecular weight excluding hydrogens is 350 g/mol. The SMILES string of the molecule is CCCNC(c1cnn(CCC)c1)c1cc(Cl)ccc1Br. The van der Waals surface area contributed by atoms with E-state index >= 15 is 0 Å². The Balaban J connectivity index is 2.34. The van der Waals surface area contributed by atoms with E-state index in [0.717, 1.165) is 41.0 Å². The number of rotatable bonds is 7. The Kier molecular flexibility index (Phi) is 6.27. The third-order valence-electron chi connectivity index (χ3n) is 3.31. The van der Waals surface area contributed by atoms with Gasteiger partial charge in [0, 0.05) is 27.8 Å². The monoisotopic (exact) mass is 369 g/mol. The van der Waals surface area contributed by atoms with Crippen molar-refractivity contribution in [2.24, 2.45) is 0 Å². The van der Waals surface area contributed by atoms with Crippen molar-refractivity contribution in [2.45, 2.75) is 39.3 Å². The Bertz CT molecular complexity index is 583. The van der Waals surface area contributed by atoms with Crippen molar-refractivity contribution in [1.29, 1.82) is 0 Å². The molecule has 0 aliphatic carbocycles. The van der Waals surface area contributed by atoms with Crippen molar-refractivity contribution in [3.8, 4) is 0 Å². The van der Waals surface area contributed by atoms with E-state index in [9.17, 15) is 0 Å². The van der Waals surface area contributed by atoms with Crippen LogP contribution in [0.4, 0.5) is 0 Å². The van der Waals surface area contributed by atoms with Crippen LogP contribution in [0.5, 0.6) is 0 Å². The first-order chi connectivity index (χ1) is 10.2. The molecule has 21 heavy (non-hydrogen) atoms. The second-order valence-corrected chi connectivity index (χ2v) is 6.38. The second-order valence-electron chi connectivity index (χ2n) is 5.09. The molecule has 1 heterocycles.